The van der Waals surface area contributed by atoms with Gasteiger partial charge in [0, 0.05) is 13.5 Å². The van der Waals surface area contributed by atoms with Crippen molar-refractivity contribution in [3.05, 3.63) is 33.8 Å². The lowest BCUT2D eigenvalue weighted by molar-refractivity contribution is -0.138. The highest BCUT2D eigenvalue weighted by Gasteiger charge is 2.30. The van der Waals surface area contributed by atoms with Gasteiger partial charge in [-0.1, -0.05) is 36.2 Å². The Morgan fingerprint density at radius 2 is 2.00 bits per heavy atom. The molecule has 1 aromatic carbocycles. The first kappa shape index (κ1) is 14.5. The highest BCUT2D eigenvalue weighted by Crippen LogP contribution is 2.24. The molecule has 0 spiro atoms. The van der Waals surface area contributed by atoms with E-state index in [1.54, 1.807) is 32.2 Å². The van der Waals surface area contributed by atoms with E-state index in [2.05, 4.69) is 0 Å². The molecule has 0 aliphatic rings. The van der Waals surface area contributed by atoms with Gasteiger partial charge in [0.1, 0.15) is 5.60 Å². The second kappa shape index (κ2) is 5.85. The number of carbonyl (C=O) groups is 1. The summed E-state index contributed by atoms with van der Waals surface area (Å²) in [4.78, 5) is 12.1. The number of ketones is 1. The number of methoxy groups -OCH3 is 1. The summed E-state index contributed by atoms with van der Waals surface area (Å²) in [5.41, 5.74) is 0.118. The molecular formula is C13H16Cl2O2. The van der Waals surface area contributed by atoms with Gasteiger partial charge in [-0.15, -0.1) is 0 Å². The van der Waals surface area contributed by atoms with Crippen LogP contribution >= 0.6 is 23.2 Å². The Hall–Kier alpha value is -0.570. The van der Waals surface area contributed by atoms with Crippen molar-refractivity contribution in [2.75, 3.05) is 7.11 Å². The molecule has 1 aromatic rings. The molecule has 0 saturated carbocycles. The predicted molar refractivity (Wildman–Crippen MR) is 70.9 cm³/mol. The minimum atomic E-state index is -0.730. The van der Waals surface area contributed by atoms with Crippen LogP contribution in [0.15, 0.2) is 18.2 Å². The van der Waals surface area contributed by atoms with Gasteiger partial charge in [0.25, 0.3) is 0 Å². The summed E-state index contributed by atoms with van der Waals surface area (Å²) >= 11 is 11.7. The summed E-state index contributed by atoms with van der Waals surface area (Å²) in [5.74, 6) is 0.0425. The third-order valence-electron chi connectivity index (χ3n) is 3.06. The van der Waals surface area contributed by atoms with E-state index >= 15 is 0 Å². The summed E-state index contributed by atoms with van der Waals surface area (Å²) in [6, 6.07) is 5.22. The summed E-state index contributed by atoms with van der Waals surface area (Å²) < 4.78 is 5.27. The lowest BCUT2D eigenvalue weighted by Crippen LogP contribution is -2.37. The van der Waals surface area contributed by atoms with Crippen LogP contribution in [0.25, 0.3) is 0 Å². The van der Waals surface area contributed by atoms with E-state index < -0.39 is 5.60 Å². The highest BCUT2D eigenvalue weighted by atomic mass is 35.5. The minimum Gasteiger partial charge on any atom is -0.371 e. The van der Waals surface area contributed by atoms with Crippen LogP contribution in [0.2, 0.25) is 10.0 Å². The van der Waals surface area contributed by atoms with Crippen molar-refractivity contribution in [3.63, 3.8) is 0 Å². The van der Waals surface area contributed by atoms with Crippen LogP contribution in [-0.2, 0) is 16.0 Å². The zero-order valence-electron chi connectivity index (χ0n) is 10.2. The Labute approximate surface area is 112 Å². The summed E-state index contributed by atoms with van der Waals surface area (Å²) in [5, 5.41) is 0.959. The van der Waals surface area contributed by atoms with Crippen molar-refractivity contribution in [1.29, 1.82) is 0 Å². The van der Waals surface area contributed by atoms with E-state index in [4.69, 9.17) is 27.9 Å². The molecule has 0 heterocycles. The largest absolute Gasteiger partial charge is 0.371 e. The highest BCUT2D eigenvalue weighted by molar-refractivity contribution is 6.42. The monoisotopic (exact) mass is 274 g/mol. The molecule has 0 amide bonds. The molecule has 0 fully saturated rings. The fourth-order valence-electron chi connectivity index (χ4n) is 1.48. The third kappa shape index (κ3) is 3.44. The van der Waals surface area contributed by atoms with Crippen molar-refractivity contribution in [1.82, 2.24) is 0 Å². The first-order chi connectivity index (χ1) is 7.92. The smallest absolute Gasteiger partial charge is 0.168 e. The quantitative estimate of drug-likeness (QED) is 0.814. The Morgan fingerprint density at radius 3 is 2.47 bits per heavy atom. The molecule has 0 saturated heterocycles. The molecule has 1 rings (SSSR count). The van der Waals surface area contributed by atoms with Crippen molar-refractivity contribution in [2.45, 2.75) is 32.3 Å². The molecule has 2 nitrogen and oxygen atoms in total. The maximum atomic E-state index is 12.1. The number of hydrogen-bond acceptors (Lipinski definition) is 2. The van der Waals surface area contributed by atoms with Crippen LogP contribution in [-0.4, -0.2) is 18.5 Å². The van der Waals surface area contributed by atoms with Crippen molar-refractivity contribution in [3.8, 4) is 0 Å². The second-order valence-electron chi connectivity index (χ2n) is 4.14. The van der Waals surface area contributed by atoms with Gasteiger partial charge >= 0.3 is 0 Å². The Balaban J connectivity index is 2.84. The predicted octanol–water partition coefficient (Wildman–Crippen LogP) is 3.92. The van der Waals surface area contributed by atoms with Crippen LogP contribution in [0.4, 0.5) is 0 Å². The minimum absolute atomic E-state index is 0.0425. The summed E-state index contributed by atoms with van der Waals surface area (Å²) in [7, 11) is 1.55. The molecule has 0 N–H and O–H groups in total. The molecule has 0 aliphatic carbocycles. The van der Waals surface area contributed by atoms with Crippen molar-refractivity contribution < 1.29 is 9.53 Å². The first-order valence-corrected chi connectivity index (χ1v) is 6.21. The van der Waals surface area contributed by atoms with E-state index in [-0.39, 0.29) is 5.78 Å². The third-order valence-corrected chi connectivity index (χ3v) is 3.80. The van der Waals surface area contributed by atoms with Gasteiger partial charge in [0.2, 0.25) is 0 Å². The molecule has 0 radical (unpaired) electrons. The summed E-state index contributed by atoms with van der Waals surface area (Å²) in [6.07, 6.45) is 0.943. The average molecular weight is 275 g/mol. The maximum absolute atomic E-state index is 12.1. The van der Waals surface area contributed by atoms with Gasteiger partial charge in [-0.05, 0) is 31.0 Å². The topological polar surface area (TPSA) is 26.3 Å². The van der Waals surface area contributed by atoms with E-state index in [1.165, 1.54) is 0 Å². The van der Waals surface area contributed by atoms with Crippen LogP contribution < -0.4 is 0 Å². The Morgan fingerprint density at radius 1 is 1.35 bits per heavy atom. The van der Waals surface area contributed by atoms with E-state index in [0.29, 0.717) is 22.9 Å². The first-order valence-electron chi connectivity index (χ1n) is 5.45. The van der Waals surface area contributed by atoms with Gasteiger partial charge in [-0.2, -0.15) is 0 Å². The van der Waals surface area contributed by atoms with Crippen molar-refractivity contribution in [2.24, 2.45) is 0 Å². The van der Waals surface area contributed by atoms with Crippen LogP contribution in [0.3, 0.4) is 0 Å². The molecule has 1 atom stereocenters. The molecular weight excluding hydrogens is 259 g/mol. The van der Waals surface area contributed by atoms with Crippen LogP contribution in [0.5, 0.6) is 0 Å². The van der Waals surface area contributed by atoms with Gasteiger partial charge in [-0.25, -0.2) is 0 Å². The maximum Gasteiger partial charge on any atom is 0.168 e. The molecule has 4 heteroatoms. The Bertz CT molecular complexity index is 412. The van der Waals surface area contributed by atoms with Crippen LogP contribution in [0.1, 0.15) is 25.8 Å². The van der Waals surface area contributed by atoms with E-state index in [1.807, 2.05) is 6.92 Å². The Kier molecular flexibility index (Phi) is 4.99. The van der Waals surface area contributed by atoms with Crippen LogP contribution in [0, 0.1) is 0 Å². The standard InChI is InChI=1S/C13H16Cl2O2/c1-4-13(2,17-3)12(16)8-9-5-6-10(14)11(15)7-9/h5-7H,4,8H2,1-3H3. The number of carbonyl (C=O) groups excluding carboxylic acids is 1. The van der Waals surface area contributed by atoms with E-state index in [0.717, 1.165) is 5.56 Å². The van der Waals surface area contributed by atoms with Gasteiger partial charge in [-0.3, -0.25) is 4.79 Å². The average Bonchev–Trinajstić information content (AvgIpc) is 2.32. The number of ether oxygens (including phenoxy) is 1. The van der Waals surface area contributed by atoms with Gasteiger partial charge in [0.05, 0.1) is 10.0 Å². The number of Topliss-reactive ketones (excluding diaryl/α,β-unsaturated/α-hetero) is 1. The zero-order valence-corrected chi connectivity index (χ0v) is 11.7. The van der Waals surface area contributed by atoms with Gasteiger partial charge in [0.15, 0.2) is 5.78 Å². The molecule has 94 valence electrons. The molecule has 1 unspecified atom stereocenters. The molecule has 17 heavy (non-hydrogen) atoms. The molecule has 0 aliphatic heterocycles. The number of halogens is 2. The van der Waals surface area contributed by atoms with E-state index in [9.17, 15) is 4.79 Å². The normalized spacial score (nSPS) is 14.4. The lowest BCUT2D eigenvalue weighted by atomic mass is 9.92. The number of benzene rings is 1. The zero-order chi connectivity index (χ0) is 13.1. The second-order valence-corrected chi connectivity index (χ2v) is 4.95. The lowest BCUT2D eigenvalue weighted by Gasteiger charge is -2.24. The number of rotatable bonds is 5. The molecule has 0 aromatic heterocycles. The fourth-order valence-corrected chi connectivity index (χ4v) is 1.80. The van der Waals surface area contributed by atoms with Crippen molar-refractivity contribution >= 4 is 29.0 Å². The molecule has 0 bridgehead atoms. The number of hydrogen-bond donors (Lipinski definition) is 0. The SMILES string of the molecule is CCC(C)(OC)C(=O)Cc1ccc(Cl)c(Cl)c1. The fraction of sp³-hybridized carbons (Fsp3) is 0.462. The van der Waals surface area contributed by atoms with Gasteiger partial charge < -0.3 is 4.74 Å². The summed E-state index contributed by atoms with van der Waals surface area (Å²) in [6.45, 7) is 3.73.